The molecule has 0 aliphatic carbocycles. The Bertz CT molecular complexity index is 1240. The maximum atomic E-state index is 14.1. The van der Waals surface area contributed by atoms with Gasteiger partial charge in [0.1, 0.15) is 28.9 Å². The number of aryl methyl sites for hydroxylation is 1. The highest BCUT2D eigenvalue weighted by molar-refractivity contribution is 5.82. The van der Waals surface area contributed by atoms with Crippen molar-refractivity contribution in [2.24, 2.45) is 5.92 Å². The second-order valence-corrected chi connectivity index (χ2v) is 10.6. The van der Waals surface area contributed by atoms with E-state index in [4.69, 9.17) is 14.5 Å². The predicted octanol–water partition coefficient (Wildman–Crippen LogP) is 5.82. The number of hydrogen-bond donors (Lipinski definition) is 0. The van der Waals surface area contributed by atoms with Gasteiger partial charge >= 0.3 is 0 Å². The van der Waals surface area contributed by atoms with E-state index in [0.717, 1.165) is 60.1 Å². The van der Waals surface area contributed by atoms with E-state index in [2.05, 4.69) is 35.0 Å². The SMILES string of the molecule is CCOc1ccc(-c2ccc(CC(=O)CCc3cc(F)cc(OCC(C)C)c3)nc2N2CCN(C)CC2)cc1. The quantitative estimate of drug-likeness (QED) is 0.293. The number of ketones is 1. The maximum absolute atomic E-state index is 14.1. The van der Waals surface area contributed by atoms with Crippen LogP contribution >= 0.6 is 0 Å². The highest BCUT2D eigenvalue weighted by Crippen LogP contribution is 2.32. The summed E-state index contributed by atoms with van der Waals surface area (Å²) in [4.78, 5) is 22.6. The Morgan fingerprint density at radius 1 is 0.974 bits per heavy atom. The van der Waals surface area contributed by atoms with Gasteiger partial charge < -0.3 is 19.3 Å². The first-order valence-electron chi connectivity index (χ1n) is 13.9. The van der Waals surface area contributed by atoms with Crippen molar-refractivity contribution in [2.75, 3.05) is 51.3 Å². The molecule has 1 aliphatic heterocycles. The molecule has 39 heavy (non-hydrogen) atoms. The van der Waals surface area contributed by atoms with Gasteiger partial charge in [-0.1, -0.05) is 26.0 Å². The molecule has 0 saturated carbocycles. The second-order valence-electron chi connectivity index (χ2n) is 10.6. The Hall–Kier alpha value is -3.45. The zero-order valence-corrected chi connectivity index (χ0v) is 23.6. The standard InChI is InChI=1S/C32H40FN3O3/c1-5-38-29-11-7-25(8-12-29)31-13-9-27(34-32(31)36-16-14-35(4)15-17-36)21-28(37)10-6-24-18-26(33)20-30(19-24)39-22-23(2)3/h7-9,11-13,18-20,23H,5-6,10,14-17,21-22H2,1-4H3. The van der Waals surface area contributed by atoms with Crippen LogP contribution < -0.4 is 14.4 Å². The Morgan fingerprint density at radius 2 is 1.72 bits per heavy atom. The van der Waals surface area contributed by atoms with Gasteiger partial charge in [-0.05, 0) is 73.8 Å². The summed E-state index contributed by atoms with van der Waals surface area (Å²) in [5, 5.41) is 0. The zero-order chi connectivity index (χ0) is 27.8. The highest BCUT2D eigenvalue weighted by atomic mass is 19.1. The van der Waals surface area contributed by atoms with E-state index in [0.29, 0.717) is 37.7 Å². The first-order valence-corrected chi connectivity index (χ1v) is 13.9. The van der Waals surface area contributed by atoms with Crippen molar-refractivity contribution in [1.82, 2.24) is 9.88 Å². The van der Waals surface area contributed by atoms with Crippen molar-refractivity contribution in [2.45, 2.75) is 40.0 Å². The van der Waals surface area contributed by atoms with Gasteiger partial charge in [-0.2, -0.15) is 0 Å². The number of benzene rings is 2. The van der Waals surface area contributed by atoms with Gasteiger partial charge in [-0.3, -0.25) is 4.79 Å². The average molecular weight is 534 g/mol. The number of Topliss-reactive ketones (excluding diaryl/α,β-unsaturated/α-hetero) is 1. The van der Waals surface area contributed by atoms with Crippen molar-refractivity contribution < 1.29 is 18.7 Å². The number of halogens is 1. The first-order chi connectivity index (χ1) is 18.8. The molecule has 0 bridgehead atoms. The number of ether oxygens (including phenoxy) is 2. The third-order valence-electron chi connectivity index (χ3n) is 6.80. The number of hydrogen-bond acceptors (Lipinski definition) is 6. The minimum Gasteiger partial charge on any atom is -0.494 e. The molecule has 7 heteroatoms. The molecule has 1 aromatic heterocycles. The molecule has 1 saturated heterocycles. The number of pyridine rings is 1. The molecule has 0 N–H and O–H groups in total. The molecule has 0 amide bonds. The van der Waals surface area contributed by atoms with Crippen LogP contribution in [0.5, 0.6) is 11.5 Å². The summed E-state index contributed by atoms with van der Waals surface area (Å²) in [6.45, 7) is 10.9. The van der Waals surface area contributed by atoms with Gasteiger partial charge in [-0.15, -0.1) is 0 Å². The zero-order valence-electron chi connectivity index (χ0n) is 23.6. The van der Waals surface area contributed by atoms with Crippen LogP contribution in [-0.2, 0) is 17.6 Å². The van der Waals surface area contributed by atoms with Crippen molar-refractivity contribution in [1.29, 1.82) is 0 Å². The molecular formula is C32H40FN3O3. The highest BCUT2D eigenvalue weighted by Gasteiger charge is 2.20. The van der Waals surface area contributed by atoms with E-state index in [-0.39, 0.29) is 18.0 Å². The average Bonchev–Trinajstić information content (AvgIpc) is 2.92. The minimum atomic E-state index is -0.345. The van der Waals surface area contributed by atoms with Crippen LogP contribution in [-0.4, -0.2) is 62.1 Å². The third kappa shape index (κ3) is 8.27. The normalized spacial score (nSPS) is 14.1. The fourth-order valence-corrected chi connectivity index (χ4v) is 4.65. The van der Waals surface area contributed by atoms with Crippen LogP contribution in [0.15, 0.2) is 54.6 Å². The molecule has 1 fully saturated rings. The van der Waals surface area contributed by atoms with Gasteiger partial charge in [-0.25, -0.2) is 9.37 Å². The number of carbonyl (C=O) groups is 1. The number of anilines is 1. The number of likely N-dealkylation sites (N-methyl/N-ethyl adjacent to an activating group) is 1. The molecule has 1 aliphatic rings. The molecule has 0 spiro atoms. The topological polar surface area (TPSA) is 54.9 Å². The fraction of sp³-hybridized carbons (Fsp3) is 0.438. The monoisotopic (exact) mass is 533 g/mol. The van der Waals surface area contributed by atoms with Crippen LogP contribution in [0.4, 0.5) is 10.2 Å². The van der Waals surface area contributed by atoms with Crippen molar-refractivity contribution in [3.05, 3.63) is 71.7 Å². The maximum Gasteiger partial charge on any atom is 0.139 e. The first kappa shape index (κ1) is 28.6. The molecule has 0 unspecified atom stereocenters. The van der Waals surface area contributed by atoms with Crippen molar-refractivity contribution in [3.63, 3.8) is 0 Å². The van der Waals surface area contributed by atoms with Gasteiger partial charge in [0, 0.05) is 50.7 Å². The predicted molar refractivity (Wildman–Crippen MR) is 154 cm³/mol. The van der Waals surface area contributed by atoms with Crippen LogP contribution in [0.25, 0.3) is 11.1 Å². The molecular weight excluding hydrogens is 493 g/mol. The van der Waals surface area contributed by atoms with Crippen LogP contribution in [0.3, 0.4) is 0 Å². The Labute approximate surface area is 231 Å². The lowest BCUT2D eigenvalue weighted by Gasteiger charge is -2.34. The van der Waals surface area contributed by atoms with Gasteiger partial charge in [0.05, 0.1) is 18.9 Å². The number of nitrogens with zero attached hydrogens (tertiary/aromatic N) is 3. The fourth-order valence-electron chi connectivity index (χ4n) is 4.65. The third-order valence-corrected chi connectivity index (χ3v) is 6.80. The minimum absolute atomic E-state index is 0.0783. The Kier molecular flexibility index (Phi) is 9.93. The Morgan fingerprint density at radius 3 is 2.41 bits per heavy atom. The largest absolute Gasteiger partial charge is 0.494 e. The van der Waals surface area contributed by atoms with Gasteiger partial charge in [0.25, 0.3) is 0 Å². The van der Waals surface area contributed by atoms with Gasteiger partial charge in [0.15, 0.2) is 0 Å². The van der Waals surface area contributed by atoms with E-state index in [1.54, 1.807) is 0 Å². The van der Waals surface area contributed by atoms with E-state index >= 15 is 0 Å². The summed E-state index contributed by atoms with van der Waals surface area (Å²) in [6, 6.07) is 16.8. The van der Waals surface area contributed by atoms with E-state index < -0.39 is 0 Å². The van der Waals surface area contributed by atoms with Crippen LogP contribution in [0.1, 0.15) is 38.4 Å². The van der Waals surface area contributed by atoms with E-state index in [9.17, 15) is 9.18 Å². The molecule has 6 nitrogen and oxygen atoms in total. The van der Waals surface area contributed by atoms with Crippen molar-refractivity contribution >= 4 is 11.6 Å². The molecule has 0 radical (unpaired) electrons. The van der Waals surface area contributed by atoms with E-state index in [1.165, 1.54) is 12.1 Å². The molecule has 2 aromatic carbocycles. The Balaban J connectivity index is 1.47. The summed E-state index contributed by atoms with van der Waals surface area (Å²) >= 11 is 0. The summed E-state index contributed by atoms with van der Waals surface area (Å²) in [6.07, 6.45) is 1.03. The summed E-state index contributed by atoms with van der Waals surface area (Å²) in [7, 11) is 2.13. The lowest BCUT2D eigenvalue weighted by molar-refractivity contribution is -0.118. The summed E-state index contributed by atoms with van der Waals surface area (Å²) in [5.74, 6) is 2.35. The molecule has 3 aromatic rings. The number of carbonyl (C=O) groups excluding carboxylic acids is 1. The lowest BCUT2D eigenvalue weighted by atomic mass is 10.0. The van der Waals surface area contributed by atoms with E-state index in [1.807, 2.05) is 45.0 Å². The molecule has 4 rings (SSSR count). The van der Waals surface area contributed by atoms with Crippen LogP contribution in [0.2, 0.25) is 0 Å². The molecule has 0 atom stereocenters. The number of piperazine rings is 1. The molecule has 2 heterocycles. The van der Waals surface area contributed by atoms with Crippen LogP contribution in [0, 0.1) is 11.7 Å². The summed E-state index contributed by atoms with van der Waals surface area (Å²) in [5.41, 5.74) is 3.63. The smallest absolute Gasteiger partial charge is 0.139 e. The number of aromatic nitrogens is 1. The lowest BCUT2D eigenvalue weighted by Crippen LogP contribution is -2.45. The van der Waals surface area contributed by atoms with Gasteiger partial charge in [0.2, 0.25) is 0 Å². The molecule has 208 valence electrons. The summed E-state index contributed by atoms with van der Waals surface area (Å²) < 4.78 is 25.4. The number of rotatable bonds is 12. The van der Waals surface area contributed by atoms with Crippen molar-refractivity contribution in [3.8, 4) is 22.6 Å². The second kappa shape index (κ2) is 13.6.